The number of halogens is 1. The second-order valence-electron chi connectivity index (χ2n) is 8.51. The normalized spacial score (nSPS) is 12.6. The molecule has 3 aromatic heterocycles. The molecule has 0 amide bonds. The van der Waals surface area contributed by atoms with E-state index in [1.165, 1.54) is 38.7 Å². The van der Waals surface area contributed by atoms with Crippen LogP contribution in [0.4, 0.5) is 4.39 Å². The van der Waals surface area contributed by atoms with Crippen LogP contribution in [-0.2, 0) is 16.3 Å². The second-order valence-corrected chi connectivity index (χ2v) is 11.2. The maximum atomic E-state index is 14.9. The van der Waals surface area contributed by atoms with E-state index in [1.54, 1.807) is 25.2 Å². The number of nitrogens with one attached hydrogen (secondary N) is 1. The smallest absolute Gasteiger partial charge is 0.188 e. The highest BCUT2D eigenvalue weighted by Crippen LogP contribution is 2.38. The number of hydrogen-bond acceptors (Lipinski definition) is 7. The average molecular weight is 477 g/mol. The van der Waals surface area contributed by atoms with Crippen molar-refractivity contribution in [3.63, 3.8) is 0 Å². The van der Waals surface area contributed by atoms with Gasteiger partial charge in [0, 0.05) is 24.2 Å². The highest BCUT2D eigenvalue weighted by molar-refractivity contribution is 7.92. The van der Waals surface area contributed by atoms with Crippen LogP contribution >= 0.6 is 0 Å². The Bertz CT molecular complexity index is 1470. The number of rotatable bonds is 6. The summed E-state index contributed by atoms with van der Waals surface area (Å²) in [7, 11) is -1.02. The molecule has 4 rings (SSSR count). The van der Waals surface area contributed by atoms with E-state index in [4.69, 9.17) is 9.47 Å². The number of hydrogen-bond donors (Lipinski definition) is 2. The summed E-state index contributed by atoms with van der Waals surface area (Å²) in [5.74, 6) is 0.0110. The quantitative estimate of drug-likeness (QED) is 0.439. The van der Waals surface area contributed by atoms with Gasteiger partial charge in [-0.15, -0.1) is 0 Å². The van der Waals surface area contributed by atoms with Gasteiger partial charge in [-0.25, -0.2) is 22.8 Å². The molecule has 1 aromatic carbocycles. The topological polar surface area (TPSA) is 119 Å². The van der Waals surface area contributed by atoms with Crippen LogP contribution in [-0.4, -0.2) is 58.5 Å². The lowest BCUT2D eigenvalue weighted by atomic mass is 10.1. The van der Waals surface area contributed by atoms with Crippen LogP contribution in [0.3, 0.4) is 0 Å². The molecule has 0 bridgehead atoms. The minimum atomic E-state index is -3.77. The molecule has 33 heavy (non-hydrogen) atoms. The van der Waals surface area contributed by atoms with Crippen molar-refractivity contribution < 1.29 is 27.4 Å². The van der Waals surface area contributed by atoms with E-state index in [2.05, 4.69) is 15.0 Å². The van der Waals surface area contributed by atoms with Gasteiger partial charge in [0.1, 0.15) is 33.1 Å². The molecule has 0 aliphatic heterocycles. The van der Waals surface area contributed by atoms with Crippen molar-refractivity contribution in [2.24, 2.45) is 0 Å². The van der Waals surface area contributed by atoms with Crippen LogP contribution in [0.1, 0.15) is 26.6 Å². The Kier molecular flexibility index (Phi) is 5.57. The Morgan fingerprint density at radius 3 is 2.55 bits per heavy atom. The third-order valence-corrected chi connectivity index (χ3v) is 7.94. The van der Waals surface area contributed by atoms with E-state index in [0.717, 1.165) is 0 Å². The van der Waals surface area contributed by atoms with E-state index in [0.29, 0.717) is 33.8 Å². The van der Waals surface area contributed by atoms with Gasteiger partial charge in [-0.1, -0.05) is 0 Å². The van der Waals surface area contributed by atoms with Crippen molar-refractivity contribution in [2.45, 2.75) is 36.8 Å². The van der Waals surface area contributed by atoms with Gasteiger partial charge in [0.2, 0.25) is 0 Å². The molecule has 0 aliphatic carbocycles. The number of methoxy groups -OCH3 is 2. The molecule has 0 aliphatic rings. The molecular weight excluding hydrogens is 451 g/mol. The molecule has 9 nitrogen and oxygen atoms in total. The predicted molar refractivity (Wildman–Crippen MR) is 121 cm³/mol. The van der Waals surface area contributed by atoms with Crippen LogP contribution in [0, 0.1) is 5.82 Å². The lowest BCUT2D eigenvalue weighted by Gasteiger charge is -2.21. The number of aromatic nitrogens is 4. The van der Waals surface area contributed by atoms with Crippen molar-refractivity contribution in [1.29, 1.82) is 0 Å². The summed E-state index contributed by atoms with van der Waals surface area (Å²) in [5.41, 5.74) is 1.99. The molecule has 0 saturated heterocycles. The summed E-state index contributed by atoms with van der Waals surface area (Å²) in [6.07, 6.45) is 3.20. The number of aliphatic hydroxyl groups excluding tert-OH is 1. The maximum absolute atomic E-state index is 14.9. The first-order chi connectivity index (χ1) is 15.5. The van der Waals surface area contributed by atoms with Gasteiger partial charge < -0.3 is 19.6 Å². The lowest BCUT2D eigenvalue weighted by molar-refractivity contribution is 0.297. The number of fused-ring (bicyclic) bond motifs is 2. The van der Waals surface area contributed by atoms with Crippen LogP contribution in [0.25, 0.3) is 27.9 Å². The number of aromatic amines is 1. The molecule has 2 N–H and O–H groups in total. The van der Waals surface area contributed by atoms with Crippen molar-refractivity contribution in [3.05, 3.63) is 36.2 Å². The standard InChI is InChI=1S/C22H25FN4O5S/c1-22(2,3)33(29,30)16-11-27-14(10-24-18(27)9-15(16)31-4)12-8-13(23)21(32-5)20-19(12)25-17(26-20)6-7-28/h8-11,28H,6-7H2,1-5H3,(H,25,26). The van der Waals surface area contributed by atoms with Crippen LogP contribution in [0.5, 0.6) is 11.5 Å². The number of pyridine rings is 1. The monoisotopic (exact) mass is 476 g/mol. The minimum Gasteiger partial charge on any atom is -0.495 e. The molecule has 0 atom stereocenters. The van der Waals surface area contributed by atoms with Crippen LogP contribution in [0.15, 0.2) is 29.4 Å². The van der Waals surface area contributed by atoms with Gasteiger partial charge in [0.05, 0.1) is 37.5 Å². The van der Waals surface area contributed by atoms with Crippen molar-refractivity contribution in [3.8, 4) is 22.8 Å². The zero-order chi connectivity index (χ0) is 24.1. The molecule has 3 heterocycles. The molecule has 0 fully saturated rings. The number of ether oxygens (including phenoxy) is 2. The number of nitrogens with zero attached hydrogens (tertiary/aromatic N) is 3. The highest BCUT2D eigenvalue weighted by Gasteiger charge is 2.34. The first-order valence-corrected chi connectivity index (χ1v) is 11.7. The summed E-state index contributed by atoms with van der Waals surface area (Å²) < 4.78 is 52.5. The van der Waals surface area contributed by atoms with E-state index in [-0.39, 0.29) is 29.4 Å². The summed E-state index contributed by atoms with van der Waals surface area (Å²) in [6.45, 7) is 4.68. The summed E-state index contributed by atoms with van der Waals surface area (Å²) >= 11 is 0. The van der Waals surface area contributed by atoms with E-state index in [9.17, 15) is 17.9 Å². The van der Waals surface area contributed by atoms with Crippen molar-refractivity contribution >= 4 is 26.5 Å². The van der Waals surface area contributed by atoms with Crippen molar-refractivity contribution in [2.75, 3.05) is 20.8 Å². The molecule has 0 saturated carbocycles. The van der Waals surface area contributed by atoms with Gasteiger partial charge in [-0.2, -0.15) is 0 Å². The van der Waals surface area contributed by atoms with Crippen LogP contribution in [0.2, 0.25) is 0 Å². The first-order valence-electron chi connectivity index (χ1n) is 10.2. The third-order valence-electron chi connectivity index (χ3n) is 5.44. The fourth-order valence-corrected chi connectivity index (χ4v) is 4.97. The SMILES string of the molecule is COc1cc2ncc(-c3cc(F)c(OC)c4[nH]c(CCO)nc34)n2cc1S(=O)(=O)C(C)(C)C. The number of sulfone groups is 1. The van der Waals surface area contributed by atoms with E-state index >= 15 is 0 Å². The lowest BCUT2D eigenvalue weighted by Crippen LogP contribution is -2.28. The Balaban J connectivity index is 2.05. The Hall–Kier alpha value is -3.18. The zero-order valence-electron chi connectivity index (χ0n) is 18.9. The first kappa shape index (κ1) is 23.0. The minimum absolute atomic E-state index is 0.00234. The summed E-state index contributed by atoms with van der Waals surface area (Å²) in [6, 6.07) is 2.80. The predicted octanol–water partition coefficient (Wildman–Crippen LogP) is 3.14. The fraction of sp³-hybridized carbons (Fsp3) is 0.364. The van der Waals surface area contributed by atoms with E-state index < -0.39 is 20.4 Å². The Morgan fingerprint density at radius 2 is 1.94 bits per heavy atom. The molecule has 4 aromatic rings. The molecule has 176 valence electrons. The summed E-state index contributed by atoms with van der Waals surface area (Å²) in [5, 5.41) is 9.29. The number of imidazole rings is 2. The van der Waals surface area contributed by atoms with Gasteiger partial charge in [0.15, 0.2) is 21.4 Å². The third kappa shape index (κ3) is 3.61. The average Bonchev–Trinajstić information content (AvgIpc) is 3.35. The number of H-pyrrole nitrogens is 1. The molecular formula is C22H25FN4O5S. The maximum Gasteiger partial charge on any atom is 0.188 e. The van der Waals surface area contributed by atoms with Gasteiger partial charge >= 0.3 is 0 Å². The molecule has 0 radical (unpaired) electrons. The van der Waals surface area contributed by atoms with Gasteiger partial charge in [0.25, 0.3) is 0 Å². The van der Waals surface area contributed by atoms with Crippen LogP contribution < -0.4 is 9.47 Å². The zero-order valence-corrected chi connectivity index (χ0v) is 19.7. The molecule has 0 spiro atoms. The second kappa shape index (κ2) is 7.99. The Labute approximate surface area is 190 Å². The number of benzene rings is 1. The van der Waals surface area contributed by atoms with Gasteiger partial charge in [-0.05, 0) is 26.8 Å². The number of aliphatic hydroxyl groups is 1. The fourth-order valence-electron chi connectivity index (χ4n) is 3.66. The molecule has 0 unspecified atom stereocenters. The highest BCUT2D eigenvalue weighted by atomic mass is 32.2. The van der Waals surface area contributed by atoms with E-state index in [1.807, 2.05) is 0 Å². The van der Waals surface area contributed by atoms with Gasteiger partial charge in [-0.3, -0.25) is 4.40 Å². The Morgan fingerprint density at radius 1 is 1.21 bits per heavy atom. The largest absolute Gasteiger partial charge is 0.495 e. The van der Waals surface area contributed by atoms with Crippen molar-refractivity contribution in [1.82, 2.24) is 19.4 Å². The summed E-state index contributed by atoms with van der Waals surface area (Å²) in [4.78, 5) is 11.9. The molecule has 11 heteroatoms.